The first-order chi connectivity index (χ1) is 10.6. The predicted octanol–water partition coefficient (Wildman–Crippen LogP) is 3.12. The monoisotopic (exact) mass is 299 g/mol. The van der Waals surface area contributed by atoms with Crippen molar-refractivity contribution in [1.29, 1.82) is 0 Å². The summed E-state index contributed by atoms with van der Waals surface area (Å²) in [5.41, 5.74) is 1.97. The number of carbonyl (C=O) groups is 1. The van der Waals surface area contributed by atoms with Gasteiger partial charge in [0.25, 0.3) is 0 Å². The molecule has 0 aliphatic carbocycles. The van der Waals surface area contributed by atoms with Crippen LogP contribution in [0.2, 0.25) is 0 Å². The van der Waals surface area contributed by atoms with E-state index >= 15 is 0 Å². The zero-order valence-electron chi connectivity index (χ0n) is 13.1. The van der Waals surface area contributed by atoms with Gasteiger partial charge in [-0.1, -0.05) is 36.4 Å². The van der Waals surface area contributed by atoms with Gasteiger partial charge in [0, 0.05) is 0 Å². The minimum atomic E-state index is -0.101. The van der Waals surface area contributed by atoms with Gasteiger partial charge >= 0.3 is 0 Å². The second-order valence-electron chi connectivity index (χ2n) is 5.07. The lowest BCUT2D eigenvalue weighted by atomic mass is 10.1. The topological polar surface area (TPSA) is 47.6 Å². The Morgan fingerprint density at radius 2 is 1.73 bits per heavy atom. The summed E-state index contributed by atoms with van der Waals surface area (Å²) in [6, 6.07) is 15.2. The minimum absolute atomic E-state index is 0.00603. The number of ether oxygens (including phenoxy) is 2. The lowest BCUT2D eigenvalue weighted by Crippen LogP contribution is -2.28. The zero-order valence-corrected chi connectivity index (χ0v) is 13.1. The summed E-state index contributed by atoms with van der Waals surface area (Å²) in [4.78, 5) is 12.1. The second kappa shape index (κ2) is 7.50. The molecule has 4 nitrogen and oxygen atoms in total. The molecule has 0 fully saturated rings. The van der Waals surface area contributed by atoms with Crippen LogP contribution in [0, 0.1) is 0 Å². The molecule has 2 aromatic carbocycles. The van der Waals surface area contributed by atoms with Gasteiger partial charge in [-0.15, -0.1) is 0 Å². The van der Waals surface area contributed by atoms with Crippen LogP contribution in [-0.2, 0) is 11.2 Å². The maximum Gasteiger partial charge on any atom is 0.224 e. The predicted molar refractivity (Wildman–Crippen MR) is 86.2 cm³/mol. The van der Waals surface area contributed by atoms with E-state index in [0.29, 0.717) is 17.9 Å². The first-order valence-electron chi connectivity index (χ1n) is 7.19. The molecule has 1 amide bonds. The molecule has 0 unspecified atom stereocenters. The Labute approximate surface area is 131 Å². The van der Waals surface area contributed by atoms with Gasteiger partial charge < -0.3 is 14.8 Å². The summed E-state index contributed by atoms with van der Waals surface area (Å²) in [7, 11) is 3.20. The lowest BCUT2D eigenvalue weighted by molar-refractivity contribution is -0.121. The number of carbonyl (C=O) groups excluding carboxylic acids is 1. The summed E-state index contributed by atoms with van der Waals surface area (Å²) in [6.07, 6.45) is 0.373. The van der Waals surface area contributed by atoms with Crippen LogP contribution >= 0.6 is 0 Å². The van der Waals surface area contributed by atoms with Crippen LogP contribution in [0.4, 0.5) is 0 Å². The van der Waals surface area contributed by atoms with Crippen molar-refractivity contribution >= 4 is 5.91 Å². The average Bonchev–Trinajstić information content (AvgIpc) is 2.54. The third-order valence-electron chi connectivity index (χ3n) is 3.49. The highest BCUT2D eigenvalue weighted by Crippen LogP contribution is 2.29. The van der Waals surface area contributed by atoms with E-state index < -0.39 is 0 Å². The van der Waals surface area contributed by atoms with Crippen LogP contribution in [0.3, 0.4) is 0 Å². The standard InChI is InChI=1S/C18H21NO3/c1-13(15-9-10-16(21-2)17(12-15)22-3)19-18(20)11-14-7-5-4-6-8-14/h4-10,12-13H,11H2,1-3H3,(H,19,20)/t13-/m0/s1. The Balaban J connectivity index is 2.02. The number of rotatable bonds is 6. The van der Waals surface area contributed by atoms with Gasteiger partial charge in [0.1, 0.15) is 0 Å². The number of nitrogens with one attached hydrogen (secondary N) is 1. The quantitative estimate of drug-likeness (QED) is 0.891. The van der Waals surface area contributed by atoms with Crippen LogP contribution in [-0.4, -0.2) is 20.1 Å². The highest BCUT2D eigenvalue weighted by Gasteiger charge is 2.13. The van der Waals surface area contributed by atoms with E-state index in [4.69, 9.17) is 9.47 Å². The first-order valence-corrected chi connectivity index (χ1v) is 7.19. The molecule has 0 aromatic heterocycles. The third-order valence-corrected chi connectivity index (χ3v) is 3.49. The van der Waals surface area contributed by atoms with Crippen LogP contribution < -0.4 is 14.8 Å². The van der Waals surface area contributed by atoms with Crippen molar-refractivity contribution in [1.82, 2.24) is 5.32 Å². The smallest absolute Gasteiger partial charge is 0.224 e. The summed E-state index contributed by atoms with van der Waals surface area (Å²) < 4.78 is 10.5. The van der Waals surface area contributed by atoms with E-state index in [-0.39, 0.29) is 11.9 Å². The SMILES string of the molecule is COc1ccc([C@H](C)NC(=O)Cc2ccccc2)cc1OC. The summed E-state index contributed by atoms with van der Waals surface area (Å²) in [5.74, 6) is 1.33. The number of hydrogen-bond acceptors (Lipinski definition) is 3. The van der Waals surface area contributed by atoms with Crippen molar-refractivity contribution in [2.24, 2.45) is 0 Å². The van der Waals surface area contributed by atoms with Gasteiger partial charge in [0.2, 0.25) is 5.91 Å². The molecule has 0 radical (unpaired) electrons. The lowest BCUT2D eigenvalue weighted by Gasteiger charge is -2.16. The molecule has 1 N–H and O–H groups in total. The molecule has 2 rings (SSSR count). The molecule has 0 saturated heterocycles. The Morgan fingerprint density at radius 3 is 2.36 bits per heavy atom. The number of amides is 1. The third kappa shape index (κ3) is 4.01. The molecule has 0 heterocycles. The van der Waals surface area contributed by atoms with Gasteiger partial charge in [0.05, 0.1) is 26.7 Å². The number of hydrogen-bond donors (Lipinski definition) is 1. The van der Waals surface area contributed by atoms with Crippen molar-refractivity contribution in [2.75, 3.05) is 14.2 Å². The molecule has 0 saturated carbocycles. The largest absolute Gasteiger partial charge is 0.493 e. The van der Waals surface area contributed by atoms with Gasteiger partial charge in [-0.3, -0.25) is 4.79 Å². The van der Waals surface area contributed by atoms with Crippen LogP contribution in [0.15, 0.2) is 48.5 Å². The second-order valence-corrected chi connectivity index (χ2v) is 5.07. The zero-order chi connectivity index (χ0) is 15.9. The van der Waals surface area contributed by atoms with Crippen molar-refractivity contribution < 1.29 is 14.3 Å². The highest BCUT2D eigenvalue weighted by molar-refractivity contribution is 5.79. The summed E-state index contributed by atoms with van der Waals surface area (Å²) >= 11 is 0. The molecule has 116 valence electrons. The Morgan fingerprint density at radius 1 is 1.05 bits per heavy atom. The molecule has 0 spiro atoms. The highest BCUT2D eigenvalue weighted by atomic mass is 16.5. The van der Waals surface area contributed by atoms with Gasteiger partial charge in [0.15, 0.2) is 11.5 Å². The van der Waals surface area contributed by atoms with Crippen LogP contribution in [0.5, 0.6) is 11.5 Å². The first kappa shape index (κ1) is 15.9. The van der Waals surface area contributed by atoms with E-state index in [1.165, 1.54) is 0 Å². The average molecular weight is 299 g/mol. The van der Waals surface area contributed by atoms with E-state index in [2.05, 4.69) is 5.32 Å². The molecule has 4 heteroatoms. The minimum Gasteiger partial charge on any atom is -0.493 e. The van der Waals surface area contributed by atoms with Gasteiger partial charge in [-0.05, 0) is 30.2 Å². The van der Waals surface area contributed by atoms with Crippen molar-refractivity contribution in [3.8, 4) is 11.5 Å². The summed E-state index contributed by atoms with van der Waals surface area (Å²) in [6.45, 7) is 1.95. The van der Waals surface area contributed by atoms with E-state index in [1.54, 1.807) is 14.2 Å². The normalized spacial score (nSPS) is 11.6. The molecule has 0 bridgehead atoms. The van der Waals surface area contributed by atoms with Crippen LogP contribution in [0.1, 0.15) is 24.1 Å². The van der Waals surface area contributed by atoms with E-state index in [0.717, 1.165) is 11.1 Å². The fourth-order valence-corrected chi connectivity index (χ4v) is 2.28. The van der Waals surface area contributed by atoms with Crippen molar-refractivity contribution in [3.63, 3.8) is 0 Å². The van der Waals surface area contributed by atoms with E-state index in [9.17, 15) is 4.79 Å². The molecule has 22 heavy (non-hydrogen) atoms. The maximum absolute atomic E-state index is 12.1. The molecule has 0 aliphatic rings. The fraction of sp³-hybridized carbons (Fsp3) is 0.278. The molecular weight excluding hydrogens is 278 g/mol. The molecule has 2 aromatic rings. The van der Waals surface area contributed by atoms with Crippen molar-refractivity contribution in [2.45, 2.75) is 19.4 Å². The van der Waals surface area contributed by atoms with E-state index in [1.807, 2.05) is 55.5 Å². The number of methoxy groups -OCH3 is 2. The Hall–Kier alpha value is -2.49. The molecule has 0 aliphatic heterocycles. The molecular formula is C18H21NO3. The van der Waals surface area contributed by atoms with Crippen molar-refractivity contribution in [3.05, 3.63) is 59.7 Å². The Bertz CT molecular complexity index is 625. The number of benzene rings is 2. The van der Waals surface area contributed by atoms with Gasteiger partial charge in [-0.25, -0.2) is 0 Å². The Kier molecular flexibility index (Phi) is 5.42. The van der Waals surface area contributed by atoms with Crippen LogP contribution in [0.25, 0.3) is 0 Å². The summed E-state index contributed by atoms with van der Waals surface area (Å²) in [5, 5.41) is 3.00. The van der Waals surface area contributed by atoms with Gasteiger partial charge in [-0.2, -0.15) is 0 Å². The maximum atomic E-state index is 12.1. The molecule has 1 atom stereocenters. The fourth-order valence-electron chi connectivity index (χ4n) is 2.28.